The number of rotatable bonds is 6. The van der Waals surface area contributed by atoms with E-state index in [1.807, 2.05) is 6.92 Å². The van der Waals surface area contributed by atoms with Crippen LogP contribution in [0.5, 0.6) is 5.75 Å². The van der Waals surface area contributed by atoms with Crippen LogP contribution in [0.25, 0.3) is 0 Å². The minimum Gasteiger partial charge on any atom is -0.461 e. The number of para-hydroxylation sites is 1. The van der Waals surface area contributed by atoms with Gasteiger partial charge in [0.1, 0.15) is 24.1 Å². The highest BCUT2D eigenvalue weighted by atomic mass is 32.1. The SMILES string of the molecule is Cc1cnc(NC(=O)c2ccccc2OC2OC(OC=O)C(O)C(O)C2O)s1. The van der Waals surface area contributed by atoms with Crippen molar-refractivity contribution in [2.45, 2.75) is 37.8 Å². The third-order valence-electron chi connectivity index (χ3n) is 3.93. The number of aromatic nitrogens is 1. The van der Waals surface area contributed by atoms with Gasteiger partial charge in [0.25, 0.3) is 12.4 Å². The molecule has 0 aliphatic carbocycles. The van der Waals surface area contributed by atoms with E-state index in [1.165, 1.54) is 23.5 Å². The van der Waals surface area contributed by atoms with E-state index in [-0.39, 0.29) is 17.8 Å². The van der Waals surface area contributed by atoms with Gasteiger partial charge in [0.2, 0.25) is 12.6 Å². The maximum atomic E-state index is 12.6. The summed E-state index contributed by atoms with van der Waals surface area (Å²) in [7, 11) is 0. The van der Waals surface area contributed by atoms with E-state index in [0.29, 0.717) is 5.13 Å². The first-order chi connectivity index (χ1) is 13.4. The maximum Gasteiger partial charge on any atom is 0.295 e. The topological polar surface area (TPSA) is 147 Å². The Morgan fingerprint density at radius 3 is 2.61 bits per heavy atom. The number of carbonyl (C=O) groups is 2. The Labute approximate surface area is 163 Å². The smallest absolute Gasteiger partial charge is 0.295 e. The van der Waals surface area contributed by atoms with Crippen molar-refractivity contribution < 1.29 is 39.1 Å². The lowest BCUT2D eigenvalue weighted by atomic mass is 10.0. The van der Waals surface area contributed by atoms with Gasteiger partial charge >= 0.3 is 0 Å². The number of thiazole rings is 1. The van der Waals surface area contributed by atoms with Gasteiger partial charge < -0.3 is 24.8 Å². The Morgan fingerprint density at radius 2 is 1.93 bits per heavy atom. The first-order valence-corrected chi connectivity index (χ1v) is 9.00. The standard InChI is InChI=1S/C17H18N2O8S/c1-8-6-18-17(28-8)19-14(24)9-4-2-3-5-10(9)26-16-13(23)11(21)12(22)15(27-16)25-7-20/h2-7,11-13,15-16,21-23H,1H3,(H,18,19,24). The molecule has 4 N–H and O–H groups in total. The van der Waals surface area contributed by atoms with Crippen molar-refractivity contribution in [1.82, 2.24) is 4.98 Å². The predicted molar refractivity (Wildman–Crippen MR) is 95.7 cm³/mol. The first-order valence-electron chi connectivity index (χ1n) is 8.19. The fraction of sp³-hybridized carbons (Fsp3) is 0.353. The number of hydrogen-bond donors (Lipinski definition) is 4. The van der Waals surface area contributed by atoms with Gasteiger partial charge in [0, 0.05) is 11.1 Å². The minimum atomic E-state index is -1.69. The maximum absolute atomic E-state index is 12.6. The number of anilines is 1. The molecule has 2 heterocycles. The number of nitrogens with zero attached hydrogens (tertiary/aromatic N) is 1. The molecule has 150 valence electrons. The Morgan fingerprint density at radius 1 is 1.21 bits per heavy atom. The first kappa shape index (κ1) is 20.2. The number of ether oxygens (including phenoxy) is 3. The highest BCUT2D eigenvalue weighted by Gasteiger charge is 2.46. The lowest BCUT2D eigenvalue weighted by molar-refractivity contribution is -0.321. The summed E-state index contributed by atoms with van der Waals surface area (Å²) in [5.74, 6) is -0.456. The molecule has 0 bridgehead atoms. The molecule has 1 fully saturated rings. The molecule has 28 heavy (non-hydrogen) atoms. The molecule has 1 saturated heterocycles. The summed E-state index contributed by atoms with van der Waals surface area (Å²) in [5, 5.41) is 32.9. The number of benzene rings is 1. The Hall–Kier alpha value is -2.57. The van der Waals surface area contributed by atoms with Crippen molar-refractivity contribution in [3.8, 4) is 5.75 Å². The number of aliphatic hydroxyl groups excluding tert-OH is 3. The highest BCUT2D eigenvalue weighted by molar-refractivity contribution is 7.15. The molecular formula is C17H18N2O8S. The van der Waals surface area contributed by atoms with Crippen molar-refractivity contribution in [1.29, 1.82) is 0 Å². The third-order valence-corrected chi connectivity index (χ3v) is 4.76. The highest BCUT2D eigenvalue weighted by Crippen LogP contribution is 2.27. The summed E-state index contributed by atoms with van der Waals surface area (Å²) >= 11 is 1.30. The van der Waals surface area contributed by atoms with Crippen LogP contribution in [0.15, 0.2) is 30.5 Å². The normalized spacial score (nSPS) is 27.1. The van der Waals surface area contributed by atoms with Gasteiger partial charge in [-0.2, -0.15) is 0 Å². The lowest BCUT2D eigenvalue weighted by Crippen LogP contribution is -2.59. The second-order valence-corrected chi connectivity index (χ2v) is 7.16. The molecule has 10 nitrogen and oxygen atoms in total. The van der Waals surface area contributed by atoms with Crippen LogP contribution in [0.1, 0.15) is 15.2 Å². The molecule has 0 radical (unpaired) electrons. The van der Waals surface area contributed by atoms with E-state index in [2.05, 4.69) is 15.0 Å². The van der Waals surface area contributed by atoms with Gasteiger partial charge in [-0.25, -0.2) is 4.98 Å². The molecule has 5 atom stereocenters. The molecule has 11 heteroatoms. The van der Waals surface area contributed by atoms with Gasteiger partial charge in [-0.05, 0) is 19.1 Å². The quantitative estimate of drug-likeness (QED) is 0.484. The van der Waals surface area contributed by atoms with E-state index in [9.17, 15) is 24.9 Å². The monoisotopic (exact) mass is 410 g/mol. The van der Waals surface area contributed by atoms with Gasteiger partial charge in [-0.3, -0.25) is 19.6 Å². The molecule has 1 aromatic carbocycles. The minimum absolute atomic E-state index is 0.0345. The fourth-order valence-corrected chi connectivity index (χ4v) is 3.20. The van der Waals surface area contributed by atoms with Crippen molar-refractivity contribution >= 4 is 28.8 Å². The second kappa shape index (κ2) is 8.63. The van der Waals surface area contributed by atoms with Crippen LogP contribution in [-0.4, -0.2) is 63.6 Å². The van der Waals surface area contributed by atoms with Crippen LogP contribution in [-0.2, 0) is 14.3 Å². The van der Waals surface area contributed by atoms with E-state index in [4.69, 9.17) is 9.47 Å². The second-order valence-electron chi connectivity index (χ2n) is 5.92. The van der Waals surface area contributed by atoms with Crippen LogP contribution >= 0.6 is 11.3 Å². The molecule has 5 unspecified atom stereocenters. The Kier molecular flexibility index (Phi) is 6.21. The van der Waals surface area contributed by atoms with Crippen molar-refractivity contribution in [3.63, 3.8) is 0 Å². The van der Waals surface area contributed by atoms with E-state index in [1.54, 1.807) is 18.3 Å². The molecule has 2 aromatic rings. The average molecular weight is 410 g/mol. The lowest BCUT2D eigenvalue weighted by Gasteiger charge is -2.38. The Balaban J connectivity index is 1.78. The number of aliphatic hydroxyl groups is 3. The molecule has 1 amide bonds. The van der Waals surface area contributed by atoms with Crippen LogP contribution < -0.4 is 10.1 Å². The summed E-state index contributed by atoms with van der Waals surface area (Å²) in [4.78, 5) is 28.1. The summed E-state index contributed by atoms with van der Waals surface area (Å²) in [6.07, 6.45) is -6.43. The third kappa shape index (κ3) is 4.29. The van der Waals surface area contributed by atoms with E-state index < -0.39 is 36.8 Å². The largest absolute Gasteiger partial charge is 0.461 e. The number of carbonyl (C=O) groups excluding carboxylic acids is 2. The molecular weight excluding hydrogens is 392 g/mol. The van der Waals surface area contributed by atoms with Crippen LogP contribution in [0.2, 0.25) is 0 Å². The summed E-state index contributed by atoms with van der Waals surface area (Å²) in [6.45, 7) is 1.89. The molecule has 1 aromatic heterocycles. The number of aryl methyl sites for hydroxylation is 1. The van der Waals surface area contributed by atoms with Crippen molar-refractivity contribution in [3.05, 3.63) is 40.9 Å². The summed E-state index contributed by atoms with van der Waals surface area (Å²) in [6, 6.07) is 6.17. The van der Waals surface area contributed by atoms with Gasteiger partial charge in [-0.1, -0.05) is 12.1 Å². The number of amides is 1. The average Bonchev–Trinajstić information content (AvgIpc) is 3.09. The zero-order valence-electron chi connectivity index (χ0n) is 14.6. The summed E-state index contributed by atoms with van der Waals surface area (Å²) < 4.78 is 15.3. The number of nitrogens with one attached hydrogen (secondary N) is 1. The van der Waals surface area contributed by atoms with Gasteiger partial charge in [0.15, 0.2) is 5.13 Å². The van der Waals surface area contributed by atoms with Crippen molar-refractivity contribution in [2.24, 2.45) is 0 Å². The predicted octanol–water partition coefficient (Wildman–Crippen LogP) is 0.0207. The number of hydrogen-bond acceptors (Lipinski definition) is 10. The van der Waals surface area contributed by atoms with Crippen LogP contribution in [0.3, 0.4) is 0 Å². The van der Waals surface area contributed by atoms with Crippen molar-refractivity contribution in [2.75, 3.05) is 5.32 Å². The van der Waals surface area contributed by atoms with Crippen LogP contribution in [0.4, 0.5) is 5.13 Å². The summed E-state index contributed by atoms with van der Waals surface area (Å²) in [5.41, 5.74) is 0.125. The van der Waals surface area contributed by atoms with E-state index >= 15 is 0 Å². The molecule has 3 rings (SSSR count). The fourth-order valence-electron chi connectivity index (χ4n) is 2.54. The Bertz CT molecular complexity index is 844. The molecule has 1 aliphatic heterocycles. The zero-order valence-corrected chi connectivity index (χ0v) is 15.4. The van der Waals surface area contributed by atoms with E-state index in [0.717, 1.165) is 4.88 Å². The zero-order chi connectivity index (χ0) is 20.3. The van der Waals surface area contributed by atoms with Gasteiger partial charge in [0.05, 0.1) is 5.56 Å². The van der Waals surface area contributed by atoms with Crippen LogP contribution in [0, 0.1) is 6.92 Å². The molecule has 1 aliphatic rings. The molecule has 0 saturated carbocycles. The van der Waals surface area contributed by atoms with Gasteiger partial charge in [-0.15, -0.1) is 11.3 Å². The molecule has 0 spiro atoms.